The smallest absolute Gasteiger partial charge is 0.329 e. The SMILES string of the molecule is Cc1ccccc1S(=O)(=O)NC(=O)N[C@@H](CCc1ccccc1)C(=O)N(C)c1ccc2c(c1)CCO2. The number of aryl methyl sites for hydroxylation is 2. The van der Waals surface area contributed by atoms with Crippen LogP contribution in [0.4, 0.5) is 10.5 Å². The molecule has 0 saturated heterocycles. The van der Waals surface area contributed by atoms with E-state index in [1.807, 2.05) is 47.2 Å². The molecule has 8 nitrogen and oxygen atoms in total. The second kappa shape index (κ2) is 10.8. The lowest BCUT2D eigenvalue weighted by Gasteiger charge is -2.25. The molecule has 1 atom stereocenters. The molecule has 1 aliphatic heterocycles. The summed E-state index contributed by atoms with van der Waals surface area (Å²) in [5.74, 6) is 0.451. The fraction of sp³-hybridized carbons (Fsp3) is 0.259. The summed E-state index contributed by atoms with van der Waals surface area (Å²) < 4.78 is 33.1. The Morgan fingerprint density at radius 2 is 1.75 bits per heavy atom. The quantitative estimate of drug-likeness (QED) is 0.485. The van der Waals surface area contributed by atoms with E-state index in [1.165, 1.54) is 11.0 Å². The average molecular weight is 508 g/mol. The number of hydrogen-bond donors (Lipinski definition) is 2. The molecule has 3 aromatic rings. The first-order valence-corrected chi connectivity index (χ1v) is 13.2. The number of ether oxygens (including phenoxy) is 1. The van der Waals surface area contributed by atoms with E-state index in [0.717, 1.165) is 23.3 Å². The van der Waals surface area contributed by atoms with Gasteiger partial charge in [-0.05, 0) is 60.7 Å². The highest BCUT2D eigenvalue weighted by Gasteiger charge is 2.28. The number of anilines is 1. The summed E-state index contributed by atoms with van der Waals surface area (Å²) in [7, 11) is -2.47. The van der Waals surface area contributed by atoms with Crippen LogP contribution in [0.1, 0.15) is 23.1 Å². The van der Waals surface area contributed by atoms with Gasteiger partial charge in [0.15, 0.2) is 0 Å². The van der Waals surface area contributed by atoms with Crippen molar-refractivity contribution in [3.8, 4) is 5.75 Å². The average Bonchev–Trinajstić information content (AvgIpc) is 3.34. The van der Waals surface area contributed by atoms with Crippen LogP contribution in [0.2, 0.25) is 0 Å². The van der Waals surface area contributed by atoms with Gasteiger partial charge in [0.05, 0.1) is 11.5 Å². The zero-order valence-corrected chi connectivity index (χ0v) is 21.0. The molecule has 0 bridgehead atoms. The summed E-state index contributed by atoms with van der Waals surface area (Å²) in [6, 6.07) is 19.6. The lowest BCUT2D eigenvalue weighted by atomic mass is 10.0. The topological polar surface area (TPSA) is 105 Å². The normalized spacial score (nSPS) is 13.3. The standard InChI is InChI=1S/C27H29N3O5S/c1-19-8-6-7-11-25(19)36(33,34)29-27(32)28-23(14-12-20-9-4-3-5-10-20)26(31)30(2)22-13-15-24-21(18-22)16-17-35-24/h3-11,13,15,18,23H,12,14,16-17H2,1-2H3,(H2,28,29,32)/t23-/m0/s1. The maximum atomic E-state index is 13.5. The van der Waals surface area contributed by atoms with Gasteiger partial charge in [-0.3, -0.25) is 4.79 Å². The van der Waals surface area contributed by atoms with Crippen LogP contribution in [0, 0.1) is 6.92 Å². The van der Waals surface area contributed by atoms with Crippen molar-refractivity contribution in [1.29, 1.82) is 0 Å². The van der Waals surface area contributed by atoms with Crippen molar-refractivity contribution in [3.63, 3.8) is 0 Å². The molecule has 0 saturated carbocycles. The number of fused-ring (bicyclic) bond motifs is 1. The molecule has 3 aromatic carbocycles. The number of rotatable bonds is 8. The van der Waals surface area contributed by atoms with Gasteiger partial charge in [-0.15, -0.1) is 0 Å². The molecule has 4 rings (SSSR count). The lowest BCUT2D eigenvalue weighted by Crippen LogP contribution is -2.51. The molecule has 0 spiro atoms. The molecule has 0 aliphatic carbocycles. The minimum atomic E-state index is -4.11. The van der Waals surface area contributed by atoms with Gasteiger partial charge >= 0.3 is 6.03 Å². The summed E-state index contributed by atoms with van der Waals surface area (Å²) >= 11 is 0. The number of likely N-dealkylation sites (N-methyl/N-ethyl adjacent to an activating group) is 1. The molecule has 0 aromatic heterocycles. The predicted molar refractivity (Wildman–Crippen MR) is 138 cm³/mol. The number of carbonyl (C=O) groups excluding carboxylic acids is 2. The Bertz CT molecular complexity index is 1360. The molecule has 1 aliphatic rings. The Balaban J connectivity index is 1.52. The minimum Gasteiger partial charge on any atom is -0.493 e. The molecule has 9 heteroatoms. The van der Waals surface area contributed by atoms with Crippen molar-refractivity contribution in [2.24, 2.45) is 0 Å². The van der Waals surface area contributed by atoms with Gasteiger partial charge in [-0.2, -0.15) is 0 Å². The summed E-state index contributed by atoms with van der Waals surface area (Å²) in [4.78, 5) is 27.8. The van der Waals surface area contributed by atoms with Gasteiger partial charge in [-0.25, -0.2) is 17.9 Å². The number of urea groups is 1. The third-order valence-electron chi connectivity index (χ3n) is 6.17. The highest BCUT2D eigenvalue weighted by Crippen LogP contribution is 2.29. The molecule has 0 radical (unpaired) electrons. The van der Waals surface area contributed by atoms with E-state index in [1.54, 1.807) is 38.2 Å². The summed E-state index contributed by atoms with van der Waals surface area (Å²) in [6.45, 7) is 2.25. The van der Waals surface area contributed by atoms with Crippen LogP contribution in [-0.2, 0) is 27.7 Å². The summed E-state index contributed by atoms with van der Waals surface area (Å²) in [5.41, 5.74) is 3.20. The lowest BCUT2D eigenvalue weighted by molar-refractivity contribution is -0.120. The fourth-order valence-corrected chi connectivity index (χ4v) is 5.34. The van der Waals surface area contributed by atoms with Crippen LogP contribution in [0.15, 0.2) is 77.7 Å². The number of nitrogens with zero attached hydrogens (tertiary/aromatic N) is 1. The monoisotopic (exact) mass is 507 g/mol. The molecule has 188 valence electrons. The molecule has 0 fully saturated rings. The van der Waals surface area contributed by atoms with Gasteiger partial charge in [0.1, 0.15) is 11.8 Å². The van der Waals surface area contributed by atoms with Crippen molar-refractivity contribution >= 4 is 27.6 Å². The van der Waals surface area contributed by atoms with E-state index < -0.39 is 22.1 Å². The Labute approximate surface area is 211 Å². The van der Waals surface area contributed by atoms with Crippen molar-refractivity contribution < 1.29 is 22.7 Å². The van der Waals surface area contributed by atoms with Crippen molar-refractivity contribution in [2.45, 2.75) is 37.1 Å². The zero-order chi connectivity index (χ0) is 25.7. The largest absolute Gasteiger partial charge is 0.493 e. The van der Waals surface area contributed by atoms with E-state index in [9.17, 15) is 18.0 Å². The van der Waals surface area contributed by atoms with Crippen LogP contribution in [0.25, 0.3) is 0 Å². The highest BCUT2D eigenvalue weighted by molar-refractivity contribution is 7.90. The first-order valence-electron chi connectivity index (χ1n) is 11.7. The van der Waals surface area contributed by atoms with Crippen molar-refractivity contribution in [3.05, 3.63) is 89.5 Å². The van der Waals surface area contributed by atoms with E-state index in [-0.39, 0.29) is 10.8 Å². The van der Waals surface area contributed by atoms with Crippen molar-refractivity contribution in [1.82, 2.24) is 10.0 Å². The van der Waals surface area contributed by atoms with Crippen LogP contribution in [0.3, 0.4) is 0 Å². The zero-order valence-electron chi connectivity index (χ0n) is 20.2. The first-order chi connectivity index (χ1) is 17.2. The van der Waals surface area contributed by atoms with Crippen LogP contribution < -0.4 is 19.7 Å². The van der Waals surface area contributed by atoms with Crippen LogP contribution >= 0.6 is 0 Å². The van der Waals surface area contributed by atoms with Crippen LogP contribution in [-0.4, -0.2) is 40.1 Å². The highest BCUT2D eigenvalue weighted by atomic mass is 32.2. The molecule has 36 heavy (non-hydrogen) atoms. The van der Waals surface area contributed by atoms with Gasteiger partial charge in [0.25, 0.3) is 10.0 Å². The maximum absolute atomic E-state index is 13.5. The number of carbonyl (C=O) groups is 2. The number of benzene rings is 3. The molecule has 3 amide bonds. The number of nitrogens with one attached hydrogen (secondary N) is 2. The number of sulfonamides is 1. The van der Waals surface area contributed by atoms with Gasteiger partial charge in [0.2, 0.25) is 5.91 Å². The van der Waals surface area contributed by atoms with Gasteiger partial charge < -0.3 is 15.0 Å². The third kappa shape index (κ3) is 5.85. The van der Waals surface area contributed by atoms with E-state index in [0.29, 0.717) is 30.7 Å². The fourth-order valence-electron chi connectivity index (χ4n) is 4.18. The number of amides is 3. The summed E-state index contributed by atoms with van der Waals surface area (Å²) in [5, 5.41) is 2.59. The van der Waals surface area contributed by atoms with Gasteiger partial charge in [-0.1, -0.05) is 48.5 Å². The molecular weight excluding hydrogens is 478 g/mol. The molecular formula is C27H29N3O5S. The van der Waals surface area contributed by atoms with Crippen molar-refractivity contribution in [2.75, 3.05) is 18.6 Å². The molecule has 2 N–H and O–H groups in total. The Morgan fingerprint density at radius 1 is 1.03 bits per heavy atom. The van der Waals surface area contributed by atoms with Gasteiger partial charge in [0, 0.05) is 19.2 Å². The molecule has 1 heterocycles. The van der Waals surface area contributed by atoms with E-state index in [4.69, 9.17) is 4.74 Å². The van der Waals surface area contributed by atoms with Crippen LogP contribution in [0.5, 0.6) is 5.75 Å². The Kier molecular flexibility index (Phi) is 7.59. The third-order valence-corrected chi connectivity index (χ3v) is 7.66. The first kappa shape index (κ1) is 25.2. The minimum absolute atomic E-state index is 0.00444. The second-order valence-corrected chi connectivity index (χ2v) is 10.4. The Morgan fingerprint density at radius 3 is 2.50 bits per heavy atom. The Hall–Kier alpha value is -3.85. The summed E-state index contributed by atoms with van der Waals surface area (Å²) in [6.07, 6.45) is 1.58. The van der Waals surface area contributed by atoms with E-state index >= 15 is 0 Å². The number of hydrogen-bond acceptors (Lipinski definition) is 5. The molecule has 0 unspecified atom stereocenters. The second-order valence-electron chi connectivity index (χ2n) is 8.71. The maximum Gasteiger partial charge on any atom is 0.329 e. The van der Waals surface area contributed by atoms with E-state index in [2.05, 4.69) is 5.32 Å². The predicted octanol–water partition coefficient (Wildman–Crippen LogP) is 3.58.